The Balaban J connectivity index is 1.99. The molecule has 1 atom stereocenters. The number of rotatable bonds is 5. The Labute approximate surface area is 144 Å². The van der Waals surface area contributed by atoms with Gasteiger partial charge in [0.25, 0.3) is 5.91 Å². The van der Waals surface area contributed by atoms with Gasteiger partial charge in [-0.1, -0.05) is 25.4 Å². The van der Waals surface area contributed by atoms with Crippen molar-refractivity contribution in [1.82, 2.24) is 30.8 Å². The molecule has 0 fully saturated rings. The third kappa shape index (κ3) is 4.76. The summed E-state index contributed by atoms with van der Waals surface area (Å²) < 4.78 is 0. The van der Waals surface area contributed by atoms with E-state index in [1.807, 2.05) is 13.8 Å². The number of carbonyl (C=O) groups excluding carboxylic acids is 2. The van der Waals surface area contributed by atoms with E-state index in [0.717, 1.165) is 10.4 Å². The van der Waals surface area contributed by atoms with Gasteiger partial charge in [0.1, 0.15) is 6.04 Å². The van der Waals surface area contributed by atoms with Crippen molar-refractivity contribution < 1.29 is 9.59 Å². The predicted molar refractivity (Wildman–Crippen MR) is 89.4 cm³/mol. The number of benzene rings is 1. The molecule has 128 valence electrons. The van der Waals surface area contributed by atoms with E-state index in [0.29, 0.717) is 23.3 Å². The zero-order valence-corrected chi connectivity index (χ0v) is 14.4. The summed E-state index contributed by atoms with van der Waals surface area (Å²) >= 11 is 5.84. The first kappa shape index (κ1) is 17.9. The highest BCUT2D eigenvalue weighted by molar-refractivity contribution is 6.30. The SMILES string of the molecule is CC(C)CNC(=O)NC(=O)C(C)n1nnc(-c2ccc(Cl)cc2)n1. The third-order valence-corrected chi connectivity index (χ3v) is 3.42. The van der Waals surface area contributed by atoms with Gasteiger partial charge in [-0.2, -0.15) is 4.80 Å². The fourth-order valence-corrected chi connectivity index (χ4v) is 1.89. The third-order valence-electron chi connectivity index (χ3n) is 3.16. The number of nitrogens with zero attached hydrogens (tertiary/aromatic N) is 4. The number of urea groups is 1. The molecule has 0 spiro atoms. The molecule has 0 aliphatic rings. The van der Waals surface area contributed by atoms with Crippen LogP contribution in [0.5, 0.6) is 0 Å². The van der Waals surface area contributed by atoms with Crippen LogP contribution in [0.15, 0.2) is 24.3 Å². The normalized spacial score (nSPS) is 12.0. The number of hydrogen-bond acceptors (Lipinski definition) is 5. The Hall–Kier alpha value is -2.48. The second-order valence-electron chi connectivity index (χ2n) is 5.71. The van der Waals surface area contributed by atoms with Crippen molar-refractivity contribution in [2.75, 3.05) is 6.54 Å². The Bertz CT molecular complexity index is 713. The van der Waals surface area contributed by atoms with E-state index in [1.54, 1.807) is 31.2 Å². The van der Waals surface area contributed by atoms with Gasteiger partial charge in [-0.25, -0.2) is 4.79 Å². The number of hydrogen-bond donors (Lipinski definition) is 2. The van der Waals surface area contributed by atoms with Crippen molar-refractivity contribution in [3.05, 3.63) is 29.3 Å². The molecule has 8 nitrogen and oxygen atoms in total. The van der Waals surface area contributed by atoms with Crippen LogP contribution in [0.2, 0.25) is 5.02 Å². The van der Waals surface area contributed by atoms with Gasteiger partial charge in [-0.3, -0.25) is 10.1 Å². The monoisotopic (exact) mass is 350 g/mol. The smallest absolute Gasteiger partial charge is 0.321 e. The van der Waals surface area contributed by atoms with Gasteiger partial charge < -0.3 is 5.32 Å². The van der Waals surface area contributed by atoms with Gasteiger partial charge >= 0.3 is 6.03 Å². The topological polar surface area (TPSA) is 102 Å². The van der Waals surface area contributed by atoms with Crippen LogP contribution in [0.4, 0.5) is 4.79 Å². The van der Waals surface area contributed by atoms with Crippen LogP contribution in [0.1, 0.15) is 26.8 Å². The first-order valence-electron chi connectivity index (χ1n) is 7.51. The highest BCUT2D eigenvalue weighted by atomic mass is 35.5. The van der Waals surface area contributed by atoms with E-state index in [9.17, 15) is 9.59 Å². The van der Waals surface area contributed by atoms with E-state index in [2.05, 4.69) is 26.0 Å². The Kier molecular flexibility index (Phi) is 5.86. The molecule has 0 saturated carbocycles. The van der Waals surface area contributed by atoms with E-state index in [4.69, 9.17) is 11.6 Å². The van der Waals surface area contributed by atoms with Crippen molar-refractivity contribution in [2.24, 2.45) is 5.92 Å². The van der Waals surface area contributed by atoms with Gasteiger partial charge in [-0.15, -0.1) is 10.2 Å². The molecule has 1 unspecified atom stereocenters. The van der Waals surface area contributed by atoms with E-state index in [-0.39, 0.29) is 0 Å². The molecule has 1 aromatic carbocycles. The number of imide groups is 1. The number of carbonyl (C=O) groups is 2. The van der Waals surface area contributed by atoms with E-state index >= 15 is 0 Å². The number of tetrazole rings is 1. The lowest BCUT2D eigenvalue weighted by Crippen LogP contribution is -2.43. The molecule has 24 heavy (non-hydrogen) atoms. The summed E-state index contributed by atoms with van der Waals surface area (Å²) in [5.74, 6) is 0.147. The van der Waals surface area contributed by atoms with Gasteiger partial charge in [0.15, 0.2) is 0 Å². The quantitative estimate of drug-likeness (QED) is 0.859. The van der Waals surface area contributed by atoms with Crippen molar-refractivity contribution >= 4 is 23.5 Å². The van der Waals surface area contributed by atoms with E-state index in [1.165, 1.54) is 0 Å². The second-order valence-corrected chi connectivity index (χ2v) is 6.15. The van der Waals surface area contributed by atoms with Crippen LogP contribution in [0, 0.1) is 5.92 Å². The summed E-state index contributed by atoms with van der Waals surface area (Å²) in [5.41, 5.74) is 0.730. The molecule has 2 aromatic rings. The molecule has 3 amide bonds. The van der Waals surface area contributed by atoms with Crippen molar-refractivity contribution in [3.63, 3.8) is 0 Å². The van der Waals surface area contributed by atoms with Gasteiger partial charge in [0.05, 0.1) is 0 Å². The van der Waals surface area contributed by atoms with Gasteiger partial charge in [0.2, 0.25) is 5.82 Å². The van der Waals surface area contributed by atoms with Gasteiger partial charge in [0, 0.05) is 17.1 Å². The molecule has 0 aliphatic heterocycles. The van der Waals surface area contributed by atoms with E-state index < -0.39 is 18.0 Å². The number of amides is 3. The number of halogens is 1. The molecule has 2 N–H and O–H groups in total. The molecule has 9 heteroatoms. The molecule has 0 radical (unpaired) electrons. The second kappa shape index (κ2) is 7.87. The molecule has 2 rings (SSSR count). The molecular weight excluding hydrogens is 332 g/mol. The Morgan fingerprint density at radius 3 is 2.50 bits per heavy atom. The largest absolute Gasteiger partial charge is 0.338 e. The number of nitrogens with one attached hydrogen (secondary N) is 2. The molecule has 0 bridgehead atoms. The molecule has 0 aliphatic carbocycles. The van der Waals surface area contributed by atoms with Crippen LogP contribution in [0.25, 0.3) is 11.4 Å². The highest BCUT2D eigenvalue weighted by Gasteiger charge is 2.20. The summed E-state index contributed by atoms with van der Waals surface area (Å²) in [4.78, 5) is 24.9. The first-order chi connectivity index (χ1) is 11.4. The van der Waals surface area contributed by atoms with Crippen molar-refractivity contribution in [2.45, 2.75) is 26.8 Å². The van der Waals surface area contributed by atoms with Crippen LogP contribution in [0.3, 0.4) is 0 Å². The Morgan fingerprint density at radius 1 is 1.21 bits per heavy atom. The highest BCUT2D eigenvalue weighted by Crippen LogP contribution is 2.17. The number of aromatic nitrogens is 4. The lowest BCUT2D eigenvalue weighted by molar-refractivity contribution is -0.123. The van der Waals surface area contributed by atoms with Crippen molar-refractivity contribution in [1.29, 1.82) is 0 Å². The summed E-state index contributed by atoms with van der Waals surface area (Å²) in [6.07, 6.45) is 0. The van der Waals surface area contributed by atoms with Crippen molar-refractivity contribution in [3.8, 4) is 11.4 Å². The molecule has 1 aromatic heterocycles. The van der Waals surface area contributed by atoms with Gasteiger partial charge in [-0.05, 0) is 42.3 Å². The minimum atomic E-state index is -0.775. The molecule has 1 heterocycles. The first-order valence-corrected chi connectivity index (χ1v) is 7.88. The summed E-state index contributed by atoms with van der Waals surface area (Å²) in [6.45, 7) is 5.98. The zero-order chi connectivity index (χ0) is 17.7. The summed E-state index contributed by atoms with van der Waals surface area (Å²) in [6, 6.07) is 5.63. The standard InChI is InChI=1S/C15H19ClN6O2/c1-9(2)8-17-15(24)18-14(23)10(3)22-20-13(19-21-22)11-4-6-12(16)7-5-11/h4-7,9-10H,8H2,1-3H3,(H2,17,18,23,24). The molecule has 0 saturated heterocycles. The molecular formula is C15H19ClN6O2. The maximum absolute atomic E-state index is 12.1. The van der Waals surface area contributed by atoms with Crippen LogP contribution < -0.4 is 10.6 Å². The minimum absolute atomic E-state index is 0.294. The van der Waals surface area contributed by atoms with Crippen LogP contribution in [-0.2, 0) is 4.79 Å². The van der Waals surface area contributed by atoms with Crippen LogP contribution in [-0.4, -0.2) is 38.7 Å². The lowest BCUT2D eigenvalue weighted by atomic mass is 10.2. The fraction of sp³-hybridized carbons (Fsp3) is 0.400. The maximum Gasteiger partial charge on any atom is 0.321 e. The maximum atomic E-state index is 12.1. The lowest BCUT2D eigenvalue weighted by Gasteiger charge is -2.11. The zero-order valence-electron chi connectivity index (χ0n) is 13.7. The fourth-order valence-electron chi connectivity index (χ4n) is 1.77. The van der Waals surface area contributed by atoms with Crippen LogP contribution >= 0.6 is 11.6 Å². The minimum Gasteiger partial charge on any atom is -0.338 e. The average Bonchev–Trinajstić information content (AvgIpc) is 3.02. The average molecular weight is 351 g/mol. The summed E-state index contributed by atoms with van der Waals surface area (Å²) in [7, 11) is 0. The predicted octanol–water partition coefficient (Wildman–Crippen LogP) is 2.04. The summed E-state index contributed by atoms with van der Waals surface area (Å²) in [5, 5.41) is 17.4. The Morgan fingerprint density at radius 2 is 1.88 bits per heavy atom.